The number of hydrogen-bond donors (Lipinski definition) is 0. The van der Waals surface area contributed by atoms with Crippen LogP contribution < -0.4 is 10.7 Å². The number of piperazine rings is 1. The number of halogens is 1. The van der Waals surface area contributed by atoms with E-state index in [9.17, 15) is 9.59 Å². The summed E-state index contributed by atoms with van der Waals surface area (Å²) < 4.78 is 7.01. The maximum Gasteiger partial charge on any atom is 0.421 e. The van der Waals surface area contributed by atoms with Crippen LogP contribution in [0, 0.1) is 0 Å². The van der Waals surface area contributed by atoms with Crippen LogP contribution in [0.15, 0.2) is 76.1 Å². The highest BCUT2D eigenvalue weighted by Gasteiger charge is 2.21. The second-order valence-electron chi connectivity index (χ2n) is 7.75. The van der Waals surface area contributed by atoms with E-state index in [0.29, 0.717) is 33.9 Å². The first-order valence-corrected chi connectivity index (χ1v) is 10.8. The highest BCUT2D eigenvalue weighted by Crippen LogP contribution is 2.20. The van der Waals surface area contributed by atoms with Crippen molar-refractivity contribution in [3.05, 3.63) is 93.6 Å². The van der Waals surface area contributed by atoms with E-state index >= 15 is 0 Å². The maximum atomic E-state index is 12.9. The highest BCUT2D eigenvalue weighted by atomic mass is 35.5. The van der Waals surface area contributed by atoms with E-state index < -0.39 is 5.76 Å². The van der Waals surface area contributed by atoms with Crippen LogP contribution in [0.1, 0.15) is 15.9 Å². The Bertz CT molecular complexity index is 1310. The molecular weight excluding hydrogens is 428 g/mol. The summed E-state index contributed by atoms with van der Waals surface area (Å²) in [5, 5.41) is 0.573. The number of hydrogen-bond acceptors (Lipinski definition) is 6. The van der Waals surface area contributed by atoms with Crippen LogP contribution >= 0.6 is 11.6 Å². The molecule has 0 N–H and O–H groups in total. The average molecular weight is 449 g/mol. The number of carbonyl (C=O) groups excluding carboxylic acids is 1. The Morgan fingerprint density at radius 2 is 1.72 bits per heavy atom. The summed E-state index contributed by atoms with van der Waals surface area (Å²) in [5.74, 6) is 0.402. The van der Waals surface area contributed by atoms with Gasteiger partial charge in [0.05, 0.1) is 12.2 Å². The maximum absolute atomic E-state index is 12.9. The molecule has 0 amide bonds. The molecule has 1 saturated heterocycles. The fraction of sp³-hybridized carbons (Fsp3) is 0.208. The molecule has 5 rings (SSSR count). The van der Waals surface area contributed by atoms with E-state index in [4.69, 9.17) is 16.0 Å². The molecule has 1 fully saturated rings. The Hall–Kier alpha value is -3.42. The number of aromatic nitrogens is 2. The minimum Gasteiger partial charge on any atom is -0.408 e. The summed E-state index contributed by atoms with van der Waals surface area (Å²) in [4.78, 5) is 34.3. The van der Waals surface area contributed by atoms with Crippen LogP contribution in [0.3, 0.4) is 0 Å². The smallest absolute Gasteiger partial charge is 0.408 e. The fourth-order valence-corrected chi connectivity index (χ4v) is 4.09. The number of nitrogens with zero attached hydrogens (tertiary/aromatic N) is 4. The summed E-state index contributed by atoms with van der Waals surface area (Å²) in [6.07, 6.45) is 1.79. The average Bonchev–Trinajstić information content (AvgIpc) is 3.14. The van der Waals surface area contributed by atoms with Gasteiger partial charge in [-0.05, 0) is 54.6 Å². The van der Waals surface area contributed by atoms with Crippen LogP contribution in [0.2, 0.25) is 5.02 Å². The zero-order valence-electron chi connectivity index (χ0n) is 17.3. The minimum atomic E-state index is -0.428. The Morgan fingerprint density at radius 3 is 2.44 bits per heavy atom. The lowest BCUT2D eigenvalue weighted by atomic mass is 10.0. The first-order valence-electron chi connectivity index (χ1n) is 10.4. The van der Waals surface area contributed by atoms with Crippen LogP contribution in [-0.4, -0.2) is 46.4 Å². The van der Waals surface area contributed by atoms with E-state index in [1.54, 1.807) is 53.2 Å². The summed E-state index contributed by atoms with van der Waals surface area (Å²) in [5.41, 5.74) is 2.11. The van der Waals surface area contributed by atoms with Crippen LogP contribution in [-0.2, 0) is 6.67 Å². The standard InChI is InChI=1S/C24H21ClN4O3/c25-19-7-4-17(5-8-19)23(30)18-6-9-21-20(15-18)29(24(31)32-21)16-27-11-13-28(14-12-27)22-3-1-2-10-26-22/h1-10,15H,11-14,16H2. The van der Waals surface area contributed by atoms with Gasteiger partial charge in [0.25, 0.3) is 0 Å². The Morgan fingerprint density at radius 1 is 0.969 bits per heavy atom. The molecule has 0 bridgehead atoms. The second kappa shape index (κ2) is 8.61. The number of ketones is 1. The molecule has 2 aromatic carbocycles. The number of benzene rings is 2. The van der Waals surface area contributed by atoms with Gasteiger partial charge in [-0.2, -0.15) is 0 Å². The van der Waals surface area contributed by atoms with Crippen molar-refractivity contribution < 1.29 is 9.21 Å². The number of carbonyl (C=O) groups is 1. The normalized spacial score (nSPS) is 14.7. The molecule has 0 atom stereocenters. The largest absolute Gasteiger partial charge is 0.421 e. The molecule has 0 spiro atoms. The van der Waals surface area contributed by atoms with Gasteiger partial charge in [0, 0.05) is 48.5 Å². The fourth-order valence-electron chi connectivity index (χ4n) is 3.96. The lowest BCUT2D eigenvalue weighted by Gasteiger charge is -2.35. The predicted octanol–water partition coefficient (Wildman–Crippen LogP) is 3.65. The first-order chi connectivity index (χ1) is 15.6. The molecule has 0 unspecified atom stereocenters. The number of rotatable bonds is 5. The molecule has 32 heavy (non-hydrogen) atoms. The van der Waals surface area contributed by atoms with Crippen molar-refractivity contribution in [1.29, 1.82) is 0 Å². The Labute approximate surface area is 189 Å². The van der Waals surface area contributed by atoms with Crippen molar-refractivity contribution in [3.8, 4) is 0 Å². The highest BCUT2D eigenvalue weighted by molar-refractivity contribution is 6.30. The molecule has 1 aliphatic heterocycles. The molecule has 3 heterocycles. The van der Waals surface area contributed by atoms with Crippen molar-refractivity contribution >= 4 is 34.3 Å². The third-order valence-corrected chi connectivity index (χ3v) is 5.97. The topological polar surface area (TPSA) is 71.6 Å². The van der Waals surface area contributed by atoms with Crippen LogP contribution in [0.4, 0.5) is 5.82 Å². The van der Waals surface area contributed by atoms with Crippen molar-refractivity contribution in [1.82, 2.24) is 14.5 Å². The van der Waals surface area contributed by atoms with Crippen molar-refractivity contribution in [2.75, 3.05) is 31.1 Å². The summed E-state index contributed by atoms with van der Waals surface area (Å²) in [7, 11) is 0. The van der Waals surface area contributed by atoms with Crippen molar-refractivity contribution in [3.63, 3.8) is 0 Å². The van der Waals surface area contributed by atoms with Crippen molar-refractivity contribution in [2.24, 2.45) is 0 Å². The number of pyridine rings is 1. The summed E-state index contributed by atoms with van der Waals surface area (Å²) in [6, 6.07) is 17.7. The van der Waals surface area contributed by atoms with Gasteiger partial charge in [-0.1, -0.05) is 17.7 Å². The molecule has 1 aliphatic rings. The van der Waals surface area contributed by atoms with Crippen LogP contribution in [0.5, 0.6) is 0 Å². The lowest BCUT2D eigenvalue weighted by Crippen LogP contribution is -2.47. The summed E-state index contributed by atoms with van der Waals surface area (Å²) in [6.45, 7) is 3.63. The molecule has 0 aliphatic carbocycles. The van der Waals surface area contributed by atoms with E-state index in [1.165, 1.54) is 0 Å². The predicted molar refractivity (Wildman–Crippen MR) is 123 cm³/mol. The molecule has 0 saturated carbocycles. The zero-order chi connectivity index (χ0) is 22.1. The zero-order valence-corrected chi connectivity index (χ0v) is 18.0. The summed E-state index contributed by atoms with van der Waals surface area (Å²) >= 11 is 5.93. The van der Waals surface area contributed by atoms with Crippen LogP contribution in [0.25, 0.3) is 11.1 Å². The van der Waals surface area contributed by atoms with Gasteiger partial charge in [0.15, 0.2) is 11.4 Å². The van der Waals surface area contributed by atoms with E-state index in [2.05, 4.69) is 14.8 Å². The molecule has 0 radical (unpaired) electrons. The molecule has 2 aromatic heterocycles. The second-order valence-corrected chi connectivity index (χ2v) is 8.19. The van der Waals surface area contributed by atoms with Gasteiger partial charge < -0.3 is 9.32 Å². The quantitative estimate of drug-likeness (QED) is 0.434. The monoisotopic (exact) mass is 448 g/mol. The first kappa shape index (κ1) is 20.5. The number of anilines is 1. The molecule has 8 heteroatoms. The number of oxazole rings is 1. The molecule has 4 aromatic rings. The third-order valence-electron chi connectivity index (χ3n) is 5.72. The molecule has 7 nitrogen and oxygen atoms in total. The van der Waals surface area contributed by atoms with E-state index in [1.807, 2.05) is 18.2 Å². The van der Waals surface area contributed by atoms with Gasteiger partial charge in [-0.15, -0.1) is 0 Å². The van der Waals surface area contributed by atoms with Crippen molar-refractivity contribution in [2.45, 2.75) is 6.67 Å². The molecule has 162 valence electrons. The lowest BCUT2D eigenvalue weighted by molar-refractivity contribution is 0.103. The van der Waals surface area contributed by atoms with Gasteiger partial charge >= 0.3 is 5.76 Å². The third kappa shape index (κ3) is 4.04. The Kier molecular flexibility index (Phi) is 5.51. The van der Waals surface area contributed by atoms with E-state index in [0.717, 1.165) is 32.0 Å². The Balaban J connectivity index is 1.36. The van der Waals surface area contributed by atoms with Gasteiger partial charge in [-0.25, -0.2) is 9.78 Å². The number of fused-ring (bicyclic) bond motifs is 1. The van der Waals surface area contributed by atoms with Gasteiger partial charge in [0.2, 0.25) is 0 Å². The SMILES string of the molecule is O=C(c1ccc(Cl)cc1)c1ccc2oc(=O)n(CN3CCN(c4ccccn4)CC3)c2c1. The minimum absolute atomic E-state index is 0.132. The van der Waals surface area contributed by atoms with Gasteiger partial charge in [-0.3, -0.25) is 14.3 Å². The molecular formula is C24H21ClN4O3. The van der Waals surface area contributed by atoms with Gasteiger partial charge in [0.1, 0.15) is 5.82 Å². The van der Waals surface area contributed by atoms with E-state index in [-0.39, 0.29) is 5.78 Å².